The molecule has 17 heavy (non-hydrogen) atoms. The molecule has 98 valence electrons. The van der Waals surface area contributed by atoms with Crippen molar-refractivity contribution in [2.24, 2.45) is 5.92 Å². The Kier molecular flexibility index (Phi) is 4.05. The average Bonchev–Trinajstić information content (AvgIpc) is 2.33. The first-order valence-electron chi connectivity index (χ1n) is 6.61. The van der Waals surface area contributed by atoms with Crippen LogP contribution in [0.25, 0.3) is 0 Å². The number of hydrogen-bond donors (Lipinski definition) is 1. The van der Waals surface area contributed by atoms with Crippen molar-refractivity contribution in [2.75, 3.05) is 13.2 Å². The monoisotopic (exact) mass is 242 g/mol. The van der Waals surface area contributed by atoms with Gasteiger partial charge in [-0.2, -0.15) is 0 Å². The van der Waals surface area contributed by atoms with Crippen LogP contribution in [0.4, 0.5) is 0 Å². The number of carboxylic acid groups (broad SMARTS) is 1. The molecule has 0 unspecified atom stereocenters. The Morgan fingerprint density at radius 1 is 1.24 bits per heavy atom. The fraction of sp³-hybridized carbons (Fsp3) is 0.923. The van der Waals surface area contributed by atoms with Gasteiger partial charge in [0, 0.05) is 26.1 Å². The van der Waals surface area contributed by atoms with Gasteiger partial charge in [-0.05, 0) is 31.6 Å². The van der Waals surface area contributed by atoms with Crippen molar-refractivity contribution < 1.29 is 19.4 Å². The van der Waals surface area contributed by atoms with Gasteiger partial charge in [0.1, 0.15) is 0 Å². The molecule has 0 aromatic carbocycles. The number of rotatable bonds is 3. The smallest absolute Gasteiger partial charge is 0.336 e. The molecule has 1 saturated heterocycles. The third kappa shape index (κ3) is 2.99. The maximum absolute atomic E-state index is 11.4. The van der Waals surface area contributed by atoms with Gasteiger partial charge in [-0.3, -0.25) is 0 Å². The molecule has 1 aliphatic carbocycles. The van der Waals surface area contributed by atoms with E-state index in [-0.39, 0.29) is 6.10 Å². The predicted octanol–water partition coefficient (Wildman–Crippen LogP) is 2.22. The molecular formula is C13H22O4. The topological polar surface area (TPSA) is 55.8 Å². The highest BCUT2D eigenvalue weighted by atomic mass is 16.5. The number of hydrogen-bond acceptors (Lipinski definition) is 3. The first kappa shape index (κ1) is 12.8. The number of aliphatic carboxylic acids is 1. The van der Waals surface area contributed by atoms with E-state index in [1.165, 1.54) is 0 Å². The second-order valence-corrected chi connectivity index (χ2v) is 5.41. The molecule has 1 N–H and O–H groups in total. The zero-order valence-corrected chi connectivity index (χ0v) is 10.5. The maximum atomic E-state index is 11.4. The summed E-state index contributed by atoms with van der Waals surface area (Å²) in [5, 5.41) is 9.39. The molecule has 0 aromatic heterocycles. The van der Waals surface area contributed by atoms with Crippen molar-refractivity contribution in [1.29, 1.82) is 0 Å². The van der Waals surface area contributed by atoms with E-state index in [0.717, 1.165) is 31.6 Å². The molecule has 0 spiro atoms. The summed E-state index contributed by atoms with van der Waals surface area (Å²) >= 11 is 0. The molecule has 0 amide bonds. The fourth-order valence-electron chi connectivity index (χ4n) is 2.75. The maximum Gasteiger partial charge on any atom is 0.336 e. The van der Waals surface area contributed by atoms with Gasteiger partial charge in [-0.15, -0.1) is 0 Å². The highest BCUT2D eigenvalue weighted by Crippen LogP contribution is 2.33. The molecule has 0 bridgehead atoms. The van der Waals surface area contributed by atoms with Crippen LogP contribution < -0.4 is 0 Å². The summed E-state index contributed by atoms with van der Waals surface area (Å²) in [6, 6.07) is 0. The molecule has 0 radical (unpaired) electrons. The number of ether oxygens (including phenoxy) is 2. The molecule has 2 fully saturated rings. The van der Waals surface area contributed by atoms with E-state index in [9.17, 15) is 9.90 Å². The van der Waals surface area contributed by atoms with Crippen molar-refractivity contribution in [3.63, 3.8) is 0 Å². The molecule has 1 aliphatic heterocycles. The Balaban J connectivity index is 1.95. The van der Waals surface area contributed by atoms with Crippen molar-refractivity contribution in [1.82, 2.24) is 0 Å². The van der Waals surface area contributed by atoms with E-state index in [1.54, 1.807) is 0 Å². The molecule has 4 nitrogen and oxygen atoms in total. The minimum atomic E-state index is -0.983. The van der Waals surface area contributed by atoms with Crippen LogP contribution in [0.15, 0.2) is 0 Å². The van der Waals surface area contributed by atoms with Crippen molar-refractivity contribution in [3.8, 4) is 0 Å². The van der Waals surface area contributed by atoms with E-state index in [2.05, 4.69) is 6.92 Å². The third-order valence-corrected chi connectivity index (χ3v) is 4.05. The van der Waals surface area contributed by atoms with E-state index >= 15 is 0 Å². The van der Waals surface area contributed by atoms with E-state index in [4.69, 9.17) is 9.47 Å². The number of carboxylic acids is 1. The van der Waals surface area contributed by atoms with Gasteiger partial charge in [0.15, 0.2) is 5.60 Å². The van der Waals surface area contributed by atoms with Gasteiger partial charge in [-0.25, -0.2) is 4.79 Å². The van der Waals surface area contributed by atoms with Crippen LogP contribution in [0.5, 0.6) is 0 Å². The van der Waals surface area contributed by atoms with Gasteiger partial charge < -0.3 is 14.6 Å². The first-order chi connectivity index (χ1) is 8.12. The molecule has 4 heteroatoms. The molecular weight excluding hydrogens is 220 g/mol. The Hall–Kier alpha value is -0.610. The second kappa shape index (κ2) is 5.36. The Morgan fingerprint density at radius 2 is 1.82 bits per heavy atom. The summed E-state index contributed by atoms with van der Waals surface area (Å²) in [7, 11) is 0. The van der Waals surface area contributed by atoms with Gasteiger partial charge in [0.2, 0.25) is 0 Å². The average molecular weight is 242 g/mol. The minimum absolute atomic E-state index is 0.125. The zero-order valence-electron chi connectivity index (χ0n) is 10.5. The van der Waals surface area contributed by atoms with E-state index in [1.807, 2.05) is 0 Å². The Labute approximate surface area is 102 Å². The summed E-state index contributed by atoms with van der Waals surface area (Å²) in [4.78, 5) is 11.4. The third-order valence-electron chi connectivity index (χ3n) is 4.05. The molecule has 2 aliphatic rings. The lowest BCUT2D eigenvalue weighted by atomic mass is 9.87. The fourth-order valence-corrected chi connectivity index (χ4v) is 2.75. The molecule has 2 rings (SSSR count). The van der Waals surface area contributed by atoms with Gasteiger partial charge >= 0.3 is 5.97 Å². The second-order valence-electron chi connectivity index (χ2n) is 5.41. The largest absolute Gasteiger partial charge is 0.479 e. The first-order valence-corrected chi connectivity index (χ1v) is 6.61. The van der Waals surface area contributed by atoms with E-state index in [0.29, 0.717) is 26.1 Å². The Morgan fingerprint density at radius 3 is 2.35 bits per heavy atom. The summed E-state index contributed by atoms with van der Waals surface area (Å²) in [5.74, 6) is -0.0651. The van der Waals surface area contributed by atoms with Crippen LogP contribution in [0.2, 0.25) is 0 Å². The standard InChI is InChI=1S/C13H22O4/c1-10-2-4-11(5-3-10)17-13(12(14)15)6-8-16-9-7-13/h10-11H,2-9H2,1H3,(H,14,15). The van der Waals surface area contributed by atoms with Crippen LogP contribution in [-0.4, -0.2) is 36.0 Å². The quantitative estimate of drug-likeness (QED) is 0.824. The minimum Gasteiger partial charge on any atom is -0.479 e. The summed E-state index contributed by atoms with van der Waals surface area (Å²) in [6.07, 6.45) is 5.38. The molecule has 0 aromatic rings. The summed E-state index contributed by atoms with van der Waals surface area (Å²) in [5.41, 5.74) is -0.983. The Bertz CT molecular complexity index is 263. The van der Waals surface area contributed by atoms with Crippen molar-refractivity contribution in [2.45, 2.75) is 57.2 Å². The van der Waals surface area contributed by atoms with Crippen LogP contribution in [0, 0.1) is 5.92 Å². The highest BCUT2D eigenvalue weighted by molar-refractivity contribution is 5.77. The normalized spacial score (nSPS) is 33.2. The van der Waals surface area contributed by atoms with E-state index < -0.39 is 11.6 Å². The van der Waals surface area contributed by atoms with Crippen LogP contribution in [0.1, 0.15) is 45.4 Å². The zero-order chi connectivity index (χ0) is 12.3. The van der Waals surface area contributed by atoms with Crippen LogP contribution >= 0.6 is 0 Å². The molecule has 1 heterocycles. The summed E-state index contributed by atoms with van der Waals surface area (Å²) in [6.45, 7) is 3.24. The lowest BCUT2D eigenvalue weighted by Crippen LogP contribution is -2.49. The molecule has 1 saturated carbocycles. The van der Waals surface area contributed by atoms with Crippen LogP contribution in [0.3, 0.4) is 0 Å². The predicted molar refractivity (Wildman–Crippen MR) is 62.9 cm³/mol. The van der Waals surface area contributed by atoms with Gasteiger partial charge in [0.25, 0.3) is 0 Å². The van der Waals surface area contributed by atoms with Crippen LogP contribution in [-0.2, 0) is 14.3 Å². The lowest BCUT2D eigenvalue weighted by molar-refractivity contribution is -0.192. The van der Waals surface area contributed by atoms with Crippen molar-refractivity contribution in [3.05, 3.63) is 0 Å². The summed E-state index contributed by atoms with van der Waals surface area (Å²) < 4.78 is 11.2. The SMILES string of the molecule is CC1CCC(OC2(C(=O)O)CCOCC2)CC1. The molecule has 0 atom stereocenters. The number of carbonyl (C=O) groups is 1. The lowest BCUT2D eigenvalue weighted by Gasteiger charge is -2.38. The van der Waals surface area contributed by atoms with Gasteiger partial charge in [-0.1, -0.05) is 6.92 Å². The highest BCUT2D eigenvalue weighted by Gasteiger charge is 2.43. The van der Waals surface area contributed by atoms with Crippen molar-refractivity contribution >= 4 is 5.97 Å². The van der Waals surface area contributed by atoms with Gasteiger partial charge in [0.05, 0.1) is 6.10 Å².